The lowest BCUT2D eigenvalue weighted by Crippen LogP contribution is -2.07. The van der Waals surface area contributed by atoms with Gasteiger partial charge >= 0.3 is 5.97 Å². The molecule has 1 rings (SSSR count). The van der Waals surface area contributed by atoms with Gasteiger partial charge in [-0.05, 0) is 18.6 Å². The average molecular weight is 269 g/mol. The van der Waals surface area contributed by atoms with Crippen LogP contribution in [0.25, 0.3) is 0 Å². The van der Waals surface area contributed by atoms with Gasteiger partial charge in [0.05, 0.1) is 17.1 Å². The van der Waals surface area contributed by atoms with Crippen molar-refractivity contribution >= 4 is 23.3 Å². The number of alkyl halides is 1. The Labute approximate surface area is 108 Å². The second-order valence-corrected chi connectivity index (χ2v) is 3.52. The van der Waals surface area contributed by atoms with E-state index in [1.54, 1.807) is 13.0 Å². The van der Waals surface area contributed by atoms with Crippen LogP contribution in [0.1, 0.15) is 28.4 Å². The van der Waals surface area contributed by atoms with E-state index < -0.39 is 16.6 Å². The van der Waals surface area contributed by atoms with Crippen LogP contribution in [0, 0.1) is 21.4 Å². The summed E-state index contributed by atoms with van der Waals surface area (Å²) in [6.07, 6.45) is 0. The second-order valence-electron chi connectivity index (χ2n) is 3.25. The van der Waals surface area contributed by atoms with Crippen molar-refractivity contribution in [3.8, 4) is 6.07 Å². The number of nitrogens with zero attached hydrogens (tertiary/aromatic N) is 2. The Morgan fingerprint density at radius 2 is 2.28 bits per heavy atom. The van der Waals surface area contributed by atoms with Gasteiger partial charge < -0.3 is 4.74 Å². The van der Waals surface area contributed by atoms with Crippen LogP contribution in [0.2, 0.25) is 0 Å². The Balaban J connectivity index is 3.42. The smallest absolute Gasteiger partial charge is 0.338 e. The number of hydrogen-bond acceptors (Lipinski definition) is 5. The summed E-state index contributed by atoms with van der Waals surface area (Å²) in [5.41, 5.74) is -0.337. The summed E-state index contributed by atoms with van der Waals surface area (Å²) < 4.78 is 4.75. The molecule has 6 nitrogen and oxygen atoms in total. The minimum Gasteiger partial charge on any atom is -0.462 e. The molecule has 0 amide bonds. The molecule has 1 aromatic carbocycles. The van der Waals surface area contributed by atoms with Crippen molar-refractivity contribution in [3.05, 3.63) is 38.9 Å². The molecule has 0 aliphatic heterocycles. The van der Waals surface area contributed by atoms with Gasteiger partial charge in [-0.2, -0.15) is 5.26 Å². The predicted octanol–water partition coefficient (Wildman–Crippen LogP) is 2.38. The first kappa shape index (κ1) is 13.9. The predicted molar refractivity (Wildman–Crippen MR) is 63.3 cm³/mol. The van der Waals surface area contributed by atoms with Crippen molar-refractivity contribution in [2.45, 2.75) is 12.8 Å². The highest BCUT2D eigenvalue weighted by atomic mass is 35.5. The maximum atomic E-state index is 11.5. The average Bonchev–Trinajstić information content (AvgIpc) is 2.37. The standard InChI is InChI=1S/C11H9ClN2O4/c1-2-18-11(15)7-3-8(5-12)9(6-13)10(4-7)14(16)17/h3-4H,2,5H2,1H3. The highest BCUT2D eigenvalue weighted by Gasteiger charge is 2.22. The summed E-state index contributed by atoms with van der Waals surface area (Å²) in [6, 6.07) is 4.07. The minimum atomic E-state index is -0.725. The fraction of sp³-hybridized carbons (Fsp3) is 0.273. The first-order chi connectivity index (χ1) is 8.54. The number of carbonyl (C=O) groups excluding carboxylic acids is 1. The summed E-state index contributed by atoms with van der Waals surface area (Å²) >= 11 is 5.62. The summed E-state index contributed by atoms with van der Waals surface area (Å²) in [6.45, 7) is 1.78. The maximum Gasteiger partial charge on any atom is 0.338 e. The first-order valence-corrected chi connectivity index (χ1v) is 5.53. The molecule has 0 N–H and O–H groups in total. The fourth-order valence-electron chi connectivity index (χ4n) is 1.40. The van der Waals surface area contributed by atoms with E-state index in [1.165, 1.54) is 6.07 Å². The number of rotatable bonds is 4. The molecule has 0 spiro atoms. The van der Waals surface area contributed by atoms with E-state index in [1.807, 2.05) is 0 Å². The molecular formula is C11H9ClN2O4. The Kier molecular flexibility index (Phi) is 4.63. The lowest BCUT2D eigenvalue weighted by Gasteiger charge is -2.06. The Bertz CT molecular complexity index is 537. The lowest BCUT2D eigenvalue weighted by atomic mass is 10.0. The number of benzene rings is 1. The first-order valence-electron chi connectivity index (χ1n) is 4.99. The Morgan fingerprint density at radius 1 is 1.61 bits per heavy atom. The SMILES string of the molecule is CCOC(=O)c1cc(CCl)c(C#N)c([N+](=O)[O-])c1. The summed E-state index contributed by atoms with van der Waals surface area (Å²) in [4.78, 5) is 21.6. The number of nitriles is 1. The molecule has 7 heteroatoms. The van der Waals surface area contributed by atoms with E-state index in [4.69, 9.17) is 21.6 Å². The molecule has 18 heavy (non-hydrogen) atoms. The van der Waals surface area contributed by atoms with Gasteiger partial charge in [0.1, 0.15) is 11.6 Å². The topological polar surface area (TPSA) is 93.2 Å². The number of esters is 1. The quantitative estimate of drug-likeness (QED) is 0.362. The van der Waals surface area contributed by atoms with E-state index in [0.29, 0.717) is 0 Å². The highest BCUT2D eigenvalue weighted by Crippen LogP contribution is 2.25. The lowest BCUT2D eigenvalue weighted by molar-refractivity contribution is -0.385. The zero-order chi connectivity index (χ0) is 13.7. The van der Waals surface area contributed by atoms with Gasteiger partial charge in [0.2, 0.25) is 0 Å². The van der Waals surface area contributed by atoms with Crippen LogP contribution >= 0.6 is 11.6 Å². The molecule has 0 bridgehead atoms. The van der Waals surface area contributed by atoms with Gasteiger partial charge in [0, 0.05) is 11.9 Å². The van der Waals surface area contributed by atoms with E-state index >= 15 is 0 Å². The van der Waals surface area contributed by atoms with Crippen molar-refractivity contribution in [2.24, 2.45) is 0 Å². The van der Waals surface area contributed by atoms with Gasteiger partial charge in [0.15, 0.2) is 0 Å². The van der Waals surface area contributed by atoms with E-state index in [-0.39, 0.29) is 29.2 Å². The third kappa shape index (κ3) is 2.76. The summed E-state index contributed by atoms with van der Waals surface area (Å²) in [7, 11) is 0. The van der Waals surface area contributed by atoms with E-state index in [2.05, 4.69) is 0 Å². The van der Waals surface area contributed by atoms with Crippen LogP contribution in [-0.4, -0.2) is 17.5 Å². The van der Waals surface area contributed by atoms with Crippen LogP contribution in [0.15, 0.2) is 12.1 Å². The zero-order valence-electron chi connectivity index (χ0n) is 9.47. The zero-order valence-corrected chi connectivity index (χ0v) is 10.2. The molecule has 0 saturated carbocycles. The number of nitro groups is 1. The van der Waals surface area contributed by atoms with Gasteiger partial charge in [-0.25, -0.2) is 4.79 Å². The van der Waals surface area contributed by atoms with Crippen LogP contribution in [0.3, 0.4) is 0 Å². The number of carbonyl (C=O) groups is 1. The maximum absolute atomic E-state index is 11.5. The molecule has 0 fully saturated rings. The third-order valence-corrected chi connectivity index (χ3v) is 2.45. The van der Waals surface area contributed by atoms with Gasteiger partial charge in [-0.1, -0.05) is 0 Å². The van der Waals surface area contributed by atoms with Crippen molar-refractivity contribution in [1.82, 2.24) is 0 Å². The number of hydrogen-bond donors (Lipinski definition) is 0. The van der Waals surface area contributed by atoms with E-state index in [0.717, 1.165) is 6.07 Å². The fourth-order valence-corrected chi connectivity index (χ4v) is 1.61. The molecule has 0 atom stereocenters. The van der Waals surface area contributed by atoms with E-state index in [9.17, 15) is 14.9 Å². The Hall–Kier alpha value is -2.13. The van der Waals surface area contributed by atoms with Crippen molar-refractivity contribution < 1.29 is 14.5 Å². The van der Waals surface area contributed by atoms with Gasteiger partial charge in [0.25, 0.3) is 5.69 Å². The number of halogens is 1. The number of ether oxygens (including phenoxy) is 1. The molecule has 0 aliphatic rings. The molecule has 0 saturated heterocycles. The second kappa shape index (κ2) is 5.98. The molecular weight excluding hydrogens is 260 g/mol. The van der Waals surface area contributed by atoms with Gasteiger partial charge in [-0.3, -0.25) is 10.1 Å². The van der Waals surface area contributed by atoms with Crippen molar-refractivity contribution in [2.75, 3.05) is 6.61 Å². The molecule has 0 heterocycles. The van der Waals surface area contributed by atoms with Crippen molar-refractivity contribution in [1.29, 1.82) is 5.26 Å². The monoisotopic (exact) mass is 268 g/mol. The van der Waals surface area contributed by atoms with Crippen LogP contribution < -0.4 is 0 Å². The molecule has 1 aromatic rings. The third-order valence-electron chi connectivity index (χ3n) is 2.16. The highest BCUT2D eigenvalue weighted by molar-refractivity contribution is 6.17. The normalized spacial score (nSPS) is 9.61. The largest absolute Gasteiger partial charge is 0.462 e. The van der Waals surface area contributed by atoms with Crippen LogP contribution in [0.5, 0.6) is 0 Å². The van der Waals surface area contributed by atoms with Crippen molar-refractivity contribution in [3.63, 3.8) is 0 Å². The molecule has 0 aromatic heterocycles. The summed E-state index contributed by atoms with van der Waals surface area (Å²) in [5.74, 6) is -0.784. The molecule has 0 aliphatic carbocycles. The minimum absolute atomic E-state index is 0.0122. The molecule has 0 radical (unpaired) electrons. The molecule has 0 unspecified atom stereocenters. The van der Waals surface area contributed by atoms with Crippen LogP contribution in [-0.2, 0) is 10.6 Å². The number of nitro benzene ring substituents is 1. The summed E-state index contributed by atoms with van der Waals surface area (Å²) in [5, 5.41) is 19.7. The molecule has 94 valence electrons. The Morgan fingerprint density at radius 3 is 2.72 bits per heavy atom. The van der Waals surface area contributed by atoms with Gasteiger partial charge in [-0.15, -0.1) is 11.6 Å². The van der Waals surface area contributed by atoms with Crippen LogP contribution in [0.4, 0.5) is 5.69 Å².